The van der Waals surface area contributed by atoms with Gasteiger partial charge in [-0.2, -0.15) is 4.99 Å². The van der Waals surface area contributed by atoms with Gasteiger partial charge in [0.15, 0.2) is 4.80 Å². The molecule has 0 bridgehead atoms. The zero-order chi connectivity index (χ0) is 19.7. The first-order valence-corrected chi connectivity index (χ1v) is 9.08. The first-order valence-electron chi connectivity index (χ1n) is 7.89. The summed E-state index contributed by atoms with van der Waals surface area (Å²) in [5.41, 5.74) is 2.79. The zero-order valence-corrected chi connectivity index (χ0v) is 16.1. The summed E-state index contributed by atoms with van der Waals surface area (Å²) < 4.78 is 2.75. The fourth-order valence-corrected chi connectivity index (χ4v) is 4.26. The van der Waals surface area contributed by atoms with Crippen molar-refractivity contribution >= 4 is 44.7 Å². The third kappa shape index (κ3) is 3.63. The number of nitro groups is 1. The molecule has 0 radical (unpaired) electrons. The average Bonchev–Trinajstić information content (AvgIpc) is 2.92. The molecule has 0 N–H and O–H groups in total. The highest BCUT2D eigenvalue weighted by molar-refractivity contribution is 7.16. The number of benzene rings is 2. The molecule has 0 atom stereocenters. The summed E-state index contributed by atoms with van der Waals surface area (Å²) in [5, 5.41) is 11.1. The molecule has 0 fully saturated rings. The van der Waals surface area contributed by atoms with E-state index in [1.54, 1.807) is 4.57 Å². The van der Waals surface area contributed by atoms with Crippen molar-refractivity contribution in [2.24, 2.45) is 4.99 Å². The molecule has 2 aromatic carbocycles. The SMILES string of the molecule is C#CCn1c(=NC(=O)c2cc([N+](=O)[O-])ccc2Cl)sc2cc(C)cc(C)c21. The topological polar surface area (TPSA) is 77.5 Å². The van der Waals surface area contributed by atoms with Crippen LogP contribution in [0.1, 0.15) is 21.5 Å². The minimum absolute atomic E-state index is 0.0246. The molecular formula is C19H14ClN3O3S. The summed E-state index contributed by atoms with van der Waals surface area (Å²) >= 11 is 7.38. The van der Waals surface area contributed by atoms with Crippen LogP contribution in [-0.4, -0.2) is 15.4 Å². The minimum Gasteiger partial charge on any atom is -0.304 e. The number of non-ortho nitro benzene ring substituents is 1. The molecule has 27 heavy (non-hydrogen) atoms. The summed E-state index contributed by atoms with van der Waals surface area (Å²) in [6.45, 7) is 4.21. The van der Waals surface area contributed by atoms with E-state index in [1.807, 2.05) is 26.0 Å². The molecule has 136 valence electrons. The van der Waals surface area contributed by atoms with Crippen LogP contribution in [0.3, 0.4) is 0 Å². The standard InChI is InChI=1S/C19H14ClN3O3S/c1-4-7-22-17-12(3)8-11(2)9-16(17)27-19(22)21-18(24)14-10-13(23(25)26)5-6-15(14)20/h1,5-6,8-10H,7H2,2-3H3. The zero-order valence-electron chi connectivity index (χ0n) is 14.5. The number of amides is 1. The lowest BCUT2D eigenvalue weighted by molar-refractivity contribution is -0.384. The molecule has 0 spiro atoms. The van der Waals surface area contributed by atoms with E-state index in [9.17, 15) is 14.9 Å². The Labute approximate surface area is 163 Å². The van der Waals surface area contributed by atoms with Crippen LogP contribution >= 0.6 is 22.9 Å². The first kappa shape index (κ1) is 18.8. The maximum Gasteiger partial charge on any atom is 0.281 e. The highest BCUT2D eigenvalue weighted by atomic mass is 35.5. The Hall–Kier alpha value is -2.95. The molecule has 3 rings (SSSR count). The second-order valence-corrected chi connectivity index (χ2v) is 7.36. The monoisotopic (exact) mass is 399 g/mol. The summed E-state index contributed by atoms with van der Waals surface area (Å²) in [7, 11) is 0. The predicted octanol–water partition coefficient (Wildman–Crippen LogP) is 4.26. The van der Waals surface area contributed by atoms with Gasteiger partial charge in [0.25, 0.3) is 11.6 Å². The molecule has 1 heterocycles. The summed E-state index contributed by atoms with van der Waals surface area (Å²) in [4.78, 5) is 27.6. The average molecular weight is 400 g/mol. The van der Waals surface area contributed by atoms with Crippen molar-refractivity contribution in [2.45, 2.75) is 20.4 Å². The van der Waals surface area contributed by atoms with Gasteiger partial charge in [-0.05, 0) is 37.1 Å². The van der Waals surface area contributed by atoms with E-state index in [1.165, 1.54) is 23.5 Å². The Morgan fingerprint density at radius 3 is 2.78 bits per heavy atom. The molecule has 0 aliphatic heterocycles. The second-order valence-electron chi connectivity index (χ2n) is 5.94. The largest absolute Gasteiger partial charge is 0.304 e. The lowest BCUT2D eigenvalue weighted by Crippen LogP contribution is -2.17. The molecule has 0 saturated heterocycles. The van der Waals surface area contributed by atoms with Crippen molar-refractivity contribution in [2.75, 3.05) is 0 Å². The quantitative estimate of drug-likeness (QED) is 0.375. The summed E-state index contributed by atoms with van der Waals surface area (Å²) in [6, 6.07) is 7.72. The molecule has 0 unspecified atom stereocenters. The third-order valence-electron chi connectivity index (χ3n) is 3.95. The van der Waals surface area contributed by atoms with Gasteiger partial charge in [-0.3, -0.25) is 14.9 Å². The Balaban J connectivity index is 2.22. The molecule has 8 heteroatoms. The van der Waals surface area contributed by atoms with E-state index >= 15 is 0 Å². The fourth-order valence-electron chi connectivity index (χ4n) is 2.85. The van der Waals surface area contributed by atoms with Gasteiger partial charge in [0.05, 0.1) is 32.3 Å². The van der Waals surface area contributed by atoms with Gasteiger partial charge in [0, 0.05) is 12.1 Å². The number of nitrogens with zero attached hydrogens (tertiary/aromatic N) is 3. The highest BCUT2D eigenvalue weighted by Gasteiger charge is 2.17. The van der Waals surface area contributed by atoms with Gasteiger partial charge in [0.2, 0.25) is 0 Å². The van der Waals surface area contributed by atoms with Crippen LogP contribution in [0, 0.1) is 36.3 Å². The molecule has 0 aliphatic rings. The number of nitro benzene ring substituents is 1. The van der Waals surface area contributed by atoms with Crippen molar-refractivity contribution in [3.63, 3.8) is 0 Å². The van der Waals surface area contributed by atoms with Crippen LogP contribution in [0.5, 0.6) is 0 Å². The highest BCUT2D eigenvalue weighted by Crippen LogP contribution is 2.25. The number of carbonyl (C=O) groups excluding carboxylic acids is 1. The van der Waals surface area contributed by atoms with Gasteiger partial charge in [-0.25, -0.2) is 0 Å². The number of terminal acetylenes is 1. The fraction of sp³-hybridized carbons (Fsp3) is 0.158. The normalized spacial score (nSPS) is 11.6. The van der Waals surface area contributed by atoms with Gasteiger partial charge in [0.1, 0.15) is 0 Å². The molecule has 1 amide bonds. The Morgan fingerprint density at radius 1 is 1.37 bits per heavy atom. The number of hydrogen-bond acceptors (Lipinski definition) is 4. The van der Waals surface area contributed by atoms with Gasteiger partial charge in [-0.15, -0.1) is 6.42 Å². The van der Waals surface area contributed by atoms with Gasteiger partial charge in [-0.1, -0.05) is 34.9 Å². The number of fused-ring (bicyclic) bond motifs is 1. The molecule has 3 aromatic rings. The Morgan fingerprint density at radius 2 is 2.11 bits per heavy atom. The van der Waals surface area contributed by atoms with Crippen molar-refractivity contribution < 1.29 is 9.72 Å². The van der Waals surface area contributed by atoms with Crippen LogP contribution in [0.4, 0.5) is 5.69 Å². The van der Waals surface area contributed by atoms with Crippen LogP contribution in [0.25, 0.3) is 10.2 Å². The second kappa shape index (κ2) is 7.35. The van der Waals surface area contributed by atoms with E-state index in [0.29, 0.717) is 4.80 Å². The van der Waals surface area contributed by atoms with E-state index in [2.05, 4.69) is 10.9 Å². The number of carbonyl (C=O) groups is 1. The van der Waals surface area contributed by atoms with Crippen molar-refractivity contribution in [1.29, 1.82) is 0 Å². The Kier molecular flexibility index (Phi) is 5.13. The van der Waals surface area contributed by atoms with E-state index < -0.39 is 10.8 Å². The number of aryl methyl sites for hydroxylation is 2. The smallest absolute Gasteiger partial charge is 0.281 e. The number of rotatable bonds is 3. The lowest BCUT2D eigenvalue weighted by Gasteiger charge is -2.04. The van der Waals surface area contributed by atoms with Gasteiger partial charge < -0.3 is 4.57 Å². The van der Waals surface area contributed by atoms with Crippen LogP contribution < -0.4 is 4.80 Å². The van der Waals surface area contributed by atoms with Crippen molar-refractivity contribution in [1.82, 2.24) is 4.57 Å². The number of thiazole rings is 1. The predicted molar refractivity (Wildman–Crippen MR) is 106 cm³/mol. The summed E-state index contributed by atoms with van der Waals surface area (Å²) in [5.74, 6) is 1.92. The van der Waals surface area contributed by atoms with E-state index in [0.717, 1.165) is 27.4 Å². The van der Waals surface area contributed by atoms with E-state index in [4.69, 9.17) is 18.0 Å². The molecule has 1 aromatic heterocycles. The maximum atomic E-state index is 12.7. The van der Waals surface area contributed by atoms with Crippen molar-refractivity contribution in [3.05, 3.63) is 67.0 Å². The van der Waals surface area contributed by atoms with Gasteiger partial charge >= 0.3 is 0 Å². The number of hydrogen-bond donors (Lipinski definition) is 0. The first-order chi connectivity index (χ1) is 12.8. The van der Waals surface area contributed by atoms with Crippen molar-refractivity contribution in [3.8, 4) is 12.3 Å². The van der Waals surface area contributed by atoms with Crippen LogP contribution in [0.2, 0.25) is 5.02 Å². The van der Waals surface area contributed by atoms with E-state index in [-0.39, 0.29) is 22.8 Å². The molecule has 0 aliphatic carbocycles. The van der Waals surface area contributed by atoms with Crippen LogP contribution in [0.15, 0.2) is 35.3 Å². The summed E-state index contributed by atoms with van der Waals surface area (Å²) in [6.07, 6.45) is 5.49. The third-order valence-corrected chi connectivity index (χ3v) is 5.30. The molecule has 6 nitrogen and oxygen atoms in total. The number of halogens is 1. The Bertz CT molecular complexity index is 1200. The molecular weight excluding hydrogens is 386 g/mol. The lowest BCUT2D eigenvalue weighted by atomic mass is 10.1. The minimum atomic E-state index is -0.657. The van der Waals surface area contributed by atoms with Crippen LogP contribution in [-0.2, 0) is 6.54 Å². The molecule has 0 saturated carbocycles. The number of aromatic nitrogens is 1. The maximum absolute atomic E-state index is 12.7.